The van der Waals surface area contributed by atoms with Gasteiger partial charge in [-0.3, -0.25) is 4.90 Å². The predicted octanol–water partition coefficient (Wildman–Crippen LogP) is 2.63. The average molecular weight is 262 g/mol. The maximum Gasteiger partial charge on any atom is 0.128 e. The molecule has 1 aromatic carbocycles. The standard InChI is InChI=1S/C14H16ClN3/c1-17-13(15)8-16-14(17)10-18-7-6-11-4-2-3-5-12(11)9-18/h2-5,8H,6-7,9-10H2,1H3. The van der Waals surface area contributed by atoms with E-state index in [1.54, 1.807) is 6.20 Å². The van der Waals surface area contributed by atoms with Crippen molar-refractivity contribution in [1.82, 2.24) is 14.5 Å². The fourth-order valence-electron chi connectivity index (χ4n) is 2.46. The molecule has 0 saturated heterocycles. The number of hydrogen-bond donors (Lipinski definition) is 0. The van der Waals surface area contributed by atoms with E-state index in [2.05, 4.69) is 34.1 Å². The van der Waals surface area contributed by atoms with Crippen molar-refractivity contribution in [2.45, 2.75) is 19.5 Å². The second-order valence-corrected chi connectivity index (χ2v) is 5.17. The second-order valence-electron chi connectivity index (χ2n) is 4.79. The summed E-state index contributed by atoms with van der Waals surface area (Å²) >= 11 is 6.01. The minimum absolute atomic E-state index is 0.697. The van der Waals surface area contributed by atoms with E-state index in [1.165, 1.54) is 11.1 Å². The molecule has 0 radical (unpaired) electrons. The predicted molar refractivity (Wildman–Crippen MR) is 72.5 cm³/mol. The molecule has 1 aliphatic heterocycles. The zero-order valence-electron chi connectivity index (χ0n) is 10.4. The van der Waals surface area contributed by atoms with Crippen LogP contribution >= 0.6 is 11.6 Å². The van der Waals surface area contributed by atoms with E-state index in [1.807, 2.05) is 11.6 Å². The third-order valence-corrected chi connectivity index (χ3v) is 3.95. The fraction of sp³-hybridized carbons (Fsp3) is 0.357. The lowest BCUT2D eigenvalue weighted by molar-refractivity contribution is 0.237. The number of fused-ring (bicyclic) bond motifs is 1. The molecule has 3 nitrogen and oxygen atoms in total. The van der Waals surface area contributed by atoms with E-state index in [0.29, 0.717) is 5.15 Å². The molecule has 0 amide bonds. The van der Waals surface area contributed by atoms with Crippen LogP contribution in [0.25, 0.3) is 0 Å². The third-order valence-electron chi connectivity index (χ3n) is 3.60. The van der Waals surface area contributed by atoms with E-state index in [-0.39, 0.29) is 0 Å². The fourth-order valence-corrected chi connectivity index (χ4v) is 2.61. The molecule has 2 aromatic rings. The first-order chi connectivity index (χ1) is 8.74. The van der Waals surface area contributed by atoms with Gasteiger partial charge in [-0.05, 0) is 17.5 Å². The van der Waals surface area contributed by atoms with Crippen molar-refractivity contribution in [1.29, 1.82) is 0 Å². The lowest BCUT2D eigenvalue weighted by Crippen LogP contribution is -2.30. The topological polar surface area (TPSA) is 21.1 Å². The van der Waals surface area contributed by atoms with Gasteiger partial charge in [-0.1, -0.05) is 35.9 Å². The van der Waals surface area contributed by atoms with Crippen LogP contribution < -0.4 is 0 Å². The molecule has 94 valence electrons. The Hall–Kier alpha value is -1.32. The van der Waals surface area contributed by atoms with Gasteiger partial charge in [0.1, 0.15) is 11.0 Å². The first kappa shape index (κ1) is 11.8. The van der Waals surface area contributed by atoms with Crippen LogP contribution in [0.5, 0.6) is 0 Å². The van der Waals surface area contributed by atoms with Crippen LogP contribution in [0.3, 0.4) is 0 Å². The summed E-state index contributed by atoms with van der Waals surface area (Å²) in [7, 11) is 1.96. The van der Waals surface area contributed by atoms with Crippen molar-refractivity contribution >= 4 is 11.6 Å². The molecule has 3 rings (SSSR count). The molecule has 0 N–H and O–H groups in total. The highest BCUT2D eigenvalue weighted by atomic mass is 35.5. The lowest BCUT2D eigenvalue weighted by atomic mass is 10.00. The van der Waals surface area contributed by atoms with Gasteiger partial charge < -0.3 is 4.57 Å². The van der Waals surface area contributed by atoms with Crippen molar-refractivity contribution in [3.63, 3.8) is 0 Å². The molecule has 2 heterocycles. The molecule has 0 saturated carbocycles. The Balaban J connectivity index is 1.75. The number of aromatic nitrogens is 2. The first-order valence-electron chi connectivity index (χ1n) is 6.19. The summed E-state index contributed by atoms with van der Waals surface area (Å²) in [5.41, 5.74) is 2.91. The van der Waals surface area contributed by atoms with Crippen molar-refractivity contribution in [3.8, 4) is 0 Å². The van der Waals surface area contributed by atoms with Crippen molar-refractivity contribution in [2.75, 3.05) is 6.54 Å². The minimum Gasteiger partial charge on any atom is -0.321 e. The Morgan fingerprint density at radius 2 is 2.06 bits per heavy atom. The number of nitrogens with zero attached hydrogens (tertiary/aromatic N) is 3. The molecule has 18 heavy (non-hydrogen) atoms. The highest BCUT2D eigenvalue weighted by Gasteiger charge is 2.17. The minimum atomic E-state index is 0.697. The summed E-state index contributed by atoms with van der Waals surface area (Å²) in [5, 5.41) is 0.697. The Bertz CT molecular complexity index is 562. The molecular formula is C14H16ClN3. The average Bonchev–Trinajstić information content (AvgIpc) is 2.71. The van der Waals surface area contributed by atoms with Crippen LogP contribution in [0.1, 0.15) is 17.0 Å². The first-order valence-corrected chi connectivity index (χ1v) is 6.57. The van der Waals surface area contributed by atoms with Crippen LogP contribution in [-0.2, 0) is 26.6 Å². The van der Waals surface area contributed by atoms with E-state index < -0.39 is 0 Å². The van der Waals surface area contributed by atoms with Gasteiger partial charge in [0.05, 0.1) is 12.7 Å². The molecule has 4 heteroatoms. The molecular weight excluding hydrogens is 246 g/mol. The van der Waals surface area contributed by atoms with Gasteiger partial charge in [0.2, 0.25) is 0 Å². The van der Waals surface area contributed by atoms with E-state index >= 15 is 0 Å². The number of hydrogen-bond acceptors (Lipinski definition) is 2. The van der Waals surface area contributed by atoms with E-state index in [0.717, 1.165) is 31.9 Å². The second kappa shape index (κ2) is 4.75. The normalized spacial score (nSPS) is 15.7. The van der Waals surface area contributed by atoms with Gasteiger partial charge in [0.15, 0.2) is 0 Å². The van der Waals surface area contributed by atoms with Crippen molar-refractivity contribution in [3.05, 3.63) is 52.6 Å². The molecule has 0 unspecified atom stereocenters. The summed E-state index contributed by atoms with van der Waals surface area (Å²) < 4.78 is 1.95. The smallest absolute Gasteiger partial charge is 0.128 e. The Labute approximate surface area is 112 Å². The SMILES string of the molecule is Cn1c(Cl)cnc1CN1CCc2ccccc2C1. The van der Waals surface area contributed by atoms with E-state index in [4.69, 9.17) is 11.6 Å². The lowest BCUT2D eigenvalue weighted by Gasteiger charge is -2.28. The number of rotatable bonds is 2. The van der Waals surface area contributed by atoms with Gasteiger partial charge in [-0.15, -0.1) is 0 Å². The molecule has 0 bridgehead atoms. The summed E-state index contributed by atoms with van der Waals surface area (Å²) in [6, 6.07) is 8.67. The molecule has 1 aliphatic rings. The largest absolute Gasteiger partial charge is 0.321 e. The zero-order valence-corrected chi connectivity index (χ0v) is 11.2. The number of benzene rings is 1. The van der Waals surface area contributed by atoms with Crippen LogP contribution in [-0.4, -0.2) is 21.0 Å². The van der Waals surface area contributed by atoms with E-state index in [9.17, 15) is 0 Å². The Morgan fingerprint density at radius 1 is 1.28 bits per heavy atom. The molecule has 0 spiro atoms. The summed E-state index contributed by atoms with van der Waals surface area (Å²) in [4.78, 5) is 6.77. The zero-order chi connectivity index (χ0) is 12.5. The van der Waals surface area contributed by atoms with Gasteiger partial charge in [0, 0.05) is 20.1 Å². The summed E-state index contributed by atoms with van der Waals surface area (Å²) in [6.07, 6.45) is 2.84. The summed E-state index contributed by atoms with van der Waals surface area (Å²) in [6.45, 7) is 2.94. The summed E-state index contributed by atoms with van der Waals surface area (Å²) in [5.74, 6) is 1.03. The van der Waals surface area contributed by atoms with Crippen LogP contribution in [0, 0.1) is 0 Å². The Kier molecular flexibility index (Phi) is 3.10. The van der Waals surface area contributed by atoms with Crippen LogP contribution in [0.4, 0.5) is 0 Å². The van der Waals surface area contributed by atoms with Crippen LogP contribution in [0.2, 0.25) is 5.15 Å². The van der Waals surface area contributed by atoms with Gasteiger partial charge in [-0.25, -0.2) is 4.98 Å². The molecule has 0 aliphatic carbocycles. The van der Waals surface area contributed by atoms with Crippen molar-refractivity contribution < 1.29 is 0 Å². The Morgan fingerprint density at radius 3 is 2.78 bits per heavy atom. The molecule has 1 aromatic heterocycles. The van der Waals surface area contributed by atoms with Gasteiger partial charge in [0.25, 0.3) is 0 Å². The highest BCUT2D eigenvalue weighted by molar-refractivity contribution is 6.29. The molecule has 0 atom stereocenters. The number of imidazole rings is 1. The van der Waals surface area contributed by atoms with Crippen LogP contribution in [0.15, 0.2) is 30.5 Å². The van der Waals surface area contributed by atoms with Crippen molar-refractivity contribution in [2.24, 2.45) is 7.05 Å². The maximum atomic E-state index is 6.01. The quantitative estimate of drug-likeness (QED) is 0.829. The highest BCUT2D eigenvalue weighted by Crippen LogP contribution is 2.20. The van der Waals surface area contributed by atoms with Gasteiger partial charge in [-0.2, -0.15) is 0 Å². The third kappa shape index (κ3) is 2.16. The monoisotopic (exact) mass is 261 g/mol. The van der Waals surface area contributed by atoms with Gasteiger partial charge >= 0.3 is 0 Å². The maximum absolute atomic E-state index is 6.01. The molecule has 0 fully saturated rings. The number of halogens is 1.